The number of thioether (sulfide) groups is 1. The maximum atomic E-state index is 12.8. The number of nitrogens with zero attached hydrogens (tertiary/aromatic N) is 2. The largest absolute Gasteiger partial charge is 0.396 e. The van der Waals surface area contributed by atoms with Gasteiger partial charge >= 0.3 is 0 Å². The molecule has 2 aromatic carbocycles. The van der Waals surface area contributed by atoms with Crippen LogP contribution in [0.4, 0.5) is 5.69 Å². The molecule has 2 aromatic rings. The Bertz CT molecular complexity index is 923. The van der Waals surface area contributed by atoms with E-state index in [0.29, 0.717) is 10.7 Å². The first-order valence-corrected chi connectivity index (χ1v) is 9.66. The molecule has 0 unspecified atom stereocenters. The van der Waals surface area contributed by atoms with Gasteiger partial charge in [0.1, 0.15) is 16.7 Å². The van der Waals surface area contributed by atoms with Crippen LogP contribution in [0.15, 0.2) is 71.3 Å². The molecule has 0 aliphatic carbocycles. The van der Waals surface area contributed by atoms with Crippen LogP contribution < -0.4 is 10.2 Å². The molecule has 1 atom stereocenters. The van der Waals surface area contributed by atoms with Gasteiger partial charge in [0.05, 0.1) is 5.25 Å². The van der Waals surface area contributed by atoms with Gasteiger partial charge in [0, 0.05) is 18.8 Å². The fourth-order valence-corrected chi connectivity index (χ4v) is 4.09. The Balaban J connectivity index is 1.92. The van der Waals surface area contributed by atoms with Gasteiger partial charge in [0.25, 0.3) is 5.91 Å². The quantitative estimate of drug-likeness (QED) is 0.581. The van der Waals surface area contributed by atoms with Gasteiger partial charge in [-0.2, -0.15) is 5.26 Å². The van der Waals surface area contributed by atoms with Gasteiger partial charge in [-0.1, -0.05) is 60.3 Å². The number of hydrogen-bond acceptors (Lipinski definition) is 5. The zero-order chi connectivity index (χ0) is 19.9. The maximum absolute atomic E-state index is 12.8. The highest BCUT2D eigenvalue weighted by molar-refractivity contribution is 8.05. The van der Waals surface area contributed by atoms with Gasteiger partial charge in [-0.3, -0.25) is 14.5 Å². The van der Waals surface area contributed by atoms with Gasteiger partial charge in [0.2, 0.25) is 5.91 Å². The molecule has 142 valence electrons. The Labute approximate surface area is 167 Å². The van der Waals surface area contributed by atoms with Crippen molar-refractivity contribution in [2.24, 2.45) is 0 Å². The summed E-state index contributed by atoms with van der Waals surface area (Å²) in [4.78, 5) is 26.9. The molecule has 2 amide bonds. The molecular formula is C21H19N3O3S. The minimum absolute atomic E-state index is 0.112. The predicted molar refractivity (Wildman–Crippen MR) is 108 cm³/mol. The molecule has 0 spiro atoms. The lowest BCUT2D eigenvalue weighted by molar-refractivity contribution is -0.117. The van der Waals surface area contributed by atoms with Crippen LogP contribution in [-0.2, 0) is 16.1 Å². The number of anilines is 1. The first-order valence-electron chi connectivity index (χ1n) is 8.78. The number of nitriles is 1. The van der Waals surface area contributed by atoms with Crippen molar-refractivity contribution < 1.29 is 14.7 Å². The molecule has 1 heterocycles. The summed E-state index contributed by atoms with van der Waals surface area (Å²) in [5.74, 6) is -0.781. The molecule has 6 nitrogen and oxygen atoms in total. The summed E-state index contributed by atoms with van der Waals surface area (Å²) in [6, 6.07) is 20.2. The number of hydrogen-bond donors (Lipinski definition) is 2. The summed E-state index contributed by atoms with van der Waals surface area (Å²) >= 11 is 1.14. The molecule has 2 N–H and O–H groups in total. The number of amides is 2. The van der Waals surface area contributed by atoms with Gasteiger partial charge in [-0.15, -0.1) is 0 Å². The lowest BCUT2D eigenvalue weighted by Crippen LogP contribution is -2.31. The summed E-state index contributed by atoms with van der Waals surface area (Å²) in [7, 11) is 0. The molecule has 1 aliphatic rings. The molecule has 1 fully saturated rings. The van der Waals surface area contributed by atoms with Crippen molar-refractivity contribution >= 4 is 29.3 Å². The van der Waals surface area contributed by atoms with E-state index in [1.165, 1.54) is 4.90 Å². The molecule has 0 aromatic heterocycles. The number of benzene rings is 2. The standard InChI is InChI=1S/C21H19N3O3S/c22-13-17(19(26)23-14-15-7-3-1-4-8-15)21-24(16-9-5-2-6-10-16)20(27)18(28-21)11-12-25/h1-10,18,25H,11-12,14H2,(H,23,26)/b21-17-/t18-/m0/s1. The Morgan fingerprint density at radius 1 is 1.14 bits per heavy atom. The first-order chi connectivity index (χ1) is 13.7. The summed E-state index contributed by atoms with van der Waals surface area (Å²) < 4.78 is 0. The summed E-state index contributed by atoms with van der Waals surface area (Å²) in [6.07, 6.45) is 0.251. The van der Waals surface area contributed by atoms with Crippen LogP contribution in [0.25, 0.3) is 0 Å². The number of rotatable bonds is 6. The smallest absolute Gasteiger partial charge is 0.264 e. The highest BCUT2D eigenvalue weighted by Gasteiger charge is 2.40. The topological polar surface area (TPSA) is 93.4 Å². The van der Waals surface area contributed by atoms with Crippen LogP contribution in [0.2, 0.25) is 0 Å². The van der Waals surface area contributed by atoms with Crippen molar-refractivity contribution in [1.29, 1.82) is 5.26 Å². The van der Waals surface area contributed by atoms with Crippen LogP contribution in [0, 0.1) is 11.3 Å². The van der Waals surface area contributed by atoms with Crippen LogP contribution in [0.5, 0.6) is 0 Å². The Morgan fingerprint density at radius 2 is 1.79 bits per heavy atom. The molecule has 0 saturated carbocycles. The second-order valence-electron chi connectivity index (χ2n) is 6.09. The van der Waals surface area contributed by atoms with Crippen molar-refractivity contribution in [3.8, 4) is 6.07 Å². The first kappa shape index (κ1) is 19.7. The van der Waals surface area contributed by atoms with Crippen molar-refractivity contribution in [1.82, 2.24) is 5.32 Å². The SMILES string of the molecule is N#C/C(C(=O)NCc1ccccc1)=C1/S[C@@H](CCO)C(=O)N1c1ccccc1. The van der Waals surface area contributed by atoms with Crippen molar-refractivity contribution in [3.05, 3.63) is 76.8 Å². The number of aliphatic hydroxyl groups is 1. The zero-order valence-electron chi connectivity index (χ0n) is 15.0. The van der Waals surface area contributed by atoms with Crippen molar-refractivity contribution in [3.63, 3.8) is 0 Å². The Morgan fingerprint density at radius 3 is 2.39 bits per heavy atom. The van der Waals surface area contributed by atoms with Crippen LogP contribution in [0.3, 0.4) is 0 Å². The minimum Gasteiger partial charge on any atom is -0.396 e. The normalized spacial score (nSPS) is 17.9. The monoisotopic (exact) mass is 393 g/mol. The molecule has 28 heavy (non-hydrogen) atoms. The minimum atomic E-state index is -0.537. The van der Waals surface area contributed by atoms with E-state index in [4.69, 9.17) is 0 Å². The van der Waals surface area contributed by atoms with Gasteiger partial charge in [-0.25, -0.2) is 0 Å². The van der Waals surface area contributed by atoms with Gasteiger partial charge in [0.15, 0.2) is 0 Å². The van der Waals surface area contributed by atoms with E-state index in [1.807, 2.05) is 42.5 Å². The lowest BCUT2D eigenvalue weighted by atomic mass is 10.2. The van der Waals surface area contributed by atoms with Crippen molar-refractivity contribution in [2.45, 2.75) is 18.2 Å². The molecule has 3 rings (SSSR count). The predicted octanol–water partition coefficient (Wildman–Crippen LogP) is 2.57. The average Bonchev–Trinajstić information content (AvgIpc) is 3.04. The lowest BCUT2D eigenvalue weighted by Gasteiger charge is -2.18. The van der Waals surface area contributed by atoms with Crippen LogP contribution >= 0.6 is 11.8 Å². The summed E-state index contributed by atoms with van der Waals surface area (Å²) in [5.41, 5.74) is 1.38. The number of nitrogens with one attached hydrogen (secondary N) is 1. The third-order valence-electron chi connectivity index (χ3n) is 4.21. The van der Waals surface area contributed by atoms with E-state index in [0.717, 1.165) is 17.3 Å². The average molecular weight is 393 g/mol. The molecule has 0 radical (unpaired) electrons. The highest BCUT2D eigenvalue weighted by Crippen LogP contribution is 2.41. The van der Waals surface area contributed by atoms with E-state index in [-0.39, 0.29) is 31.1 Å². The third-order valence-corrected chi connectivity index (χ3v) is 5.54. The fraction of sp³-hybridized carbons (Fsp3) is 0.190. The third kappa shape index (κ3) is 4.25. The zero-order valence-corrected chi connectivity index (χ0v) is 15.9. The van der Waals surface area contributed by atoms with Crippen molar-refractivity contribution in [2.75, 3.05) is 11.5 Å². The second kappa shape index (κ2) is 9.22. The number of carbonyl (C=O) groups excluding carboxylic acids is 2. The van der Waals surface area contributed by atoms with E-state index in [2.05, 4.69) is 5.32 Å². The molecule has 7 heteroatoms. The number of carbonyl (C=O) groups is 2. The van der Waals surface area contributed by atoms with E-state index in [1.54, 1.807) is 24.3 Å². The van der Waals surface area contributed by atoms with E-state index >= 15 is 0 Å². The number of para-hydroxylation sites is 1. The highest BCUT2D eigenvalue weighted by atomic mass is 32.2. The molecule has 1 saturated heterocycles. The van der Waals surface area contributed by atoms with E-state index in [9.17, 15) is 20.0 Å². The molecule has 0 bridgehead atoms. The Hall–Kier alpha value is -3.08. The number of aliphatic hydroxyl groups excluding tert-OH is 1. The van der Waals surface area contributed by atoms with E-state index < -0.39 is 11.2 Å². The van der Waals surface area contributed by atoms with Crippen LogP contribution in [-0.4, -0.2) is 28.8 Å². The van der Waals surface area contributed by atoms with Gasteiger partial charge < -0.3 is 10.4 Å². The molecule has 1 aliphatic heterocycles. The van der Waals surface area contributed by atoms with Gasteiger partial charge in [-0.05, 0) is 24.1 Å². The molecular weight excluding hydrogens is 374 g/mol. The Kier molecular flexibility index (Phi) is 6.48. The summed E-state index contributed by atoms with van der Waals surface area (Å²) in [6.45, 7) is 0.129. The maximum Gasteiger partial charge on any atom is 0.264 e. The second-order valence-corrected chi connectivity index (χ2v) is 7.28. The fourth-order valence-electron chi connectivity index (χ4n) is 2.84. The summed E-state index contributed by atoms with van der Waals surface area (Å²) in [5, 5.41) is 21.4. The van der Waals surface area contributed by atoms with Crippen LogP contribution in [0.1, 0.15) is 12.0 Å².